The fraction of sp³-hybridized carbons (Fsp3) is 0.368. The van der Waals surface area contributed by atoms with E-state index in [0.717, 1.165) is 31.6 Å². The minimum Gasteiger partial charge on any atom is -0.338 e. The smallest absolute Gasteiger partial charge is 0.255 e. The molecule has 2 heterocycles. The molecule has 1 fully saturated rings. The maximum absolute atomic E-state index is 12.7. The zero-order valence-electron chi connectivity index (χ0n) is 14.7. The number of nitrogens with zero attached hydrogens (tertiary/aromatic N) is 2. The second-order valence-corrected chi connectivity index (χ2v) is 6.85. The second kappa shape index (κ2) is 9.21. The first-order valence-electron chi connectivity index (χ1n) is 8.46. The lowest BCUT2D eigenvalue weighted by molar-refractivity contribution is 0.0786. The monoisotopic (exact) mass is 395 g/mol. The van der Waals surface area contributed by atoms with Crippen LogP contribution in [0.3, 0.4) is 0 Å². The van der Waals surface area contributed by atoms with Gasteiger partial charge in [-0.05, 0) is 43.6 Å². The van der Waals surface area contributed by atoms with Crippen molar-refractivity contribution in [3.8, 4) is 0 Å². The number of hydrogen-bond acceptors (Lipinski definition) is 3. The molecule has 5 nitrogen and oxygen atoms in total. The van der Waals surface area contributed by atoms with Gasteiger partial charge in [-0.1, -0.05) is 29.8 Å². The Labute approximate surface area is 164 Å². The molecule has 0 radical (unpaired) electrons. The van der Waals surface area contributed by atoms with Crippen molar-refractivity contribution in [2.75, 3.05) is 26.7 Å². The van der Waals surface area contributed by atoms with Crippen LogP contribution in [0.1, 0.15) is 22.3 Å². The normalized spacial score (nSPS) is 16.4. The average Bonchev–Trinajstić information content (AvgIpc) is 3.07. The molecule has 1 unspecified atom stereocenters. The van der Waals surface area contributed by atoms with Crippen LogP contribution >= 0.6 is 24.0 Å². The summed E-state index contributed by atoms with van der Waals surface area (Å²) in [4.78, 5) is 26.8. The van der Waals surface area contributed by atoms with Gasteiger partial charge in [0.15, 0.2) is 0 Å². The fourth-order valence-corrected chi connectivity index (χ4v) is 3.44. The number of aromatic nitrogens is 1. The SMILES string of the molecule is CNCC1CCN(C(=O)c2ccc(=O)n(Cc3ccccc3Cl)c2)C1.Cl. The summed E-state index contributed by atoms with van der Waals surface area (Å²) >= 11 is 6.18. The molecule has 3 rings (SSSR count). The molecule has 1 aromatic heterocycles. The first-order valence-corrected chi connectivity index (χ1v) is 8.84. The Morgan fingerprint density at radius 3 is 2.77 bits per heavy atom. The molecule has 0 saturated carbocycles. The number of halogens is 2. The largest absolute Gasteiger partial charge is 0.338 e. The molecule has 0 aliphatic carbocycles. The minimum absolute atomic E-state index is 0. The molecule has 26 heavy (non-hydrogen) atoms. The number of pyridine rings is 1. The van der Waals surface area contributed by atoms with Crippen molar-refractivity contribution < 1.29 is 4.79 Å². The predicted octanol–water partition coefficient (Wildman–Crippen LogP) is 2.65. The highest BCUT2D eigenvalue weighted by Gasteiger charge is 2.26. The average molecular weight is 396 g/mol. The number of nitrogens with one attached hydrogen (secondary N) is 1. The maximum atomic E-state index is 12.7. The molecule has 0 bridgehead atoms. The van der Waals surface area contributed by atoms with Crippen LogP contribution in [0.15, 0.2) is 47.4 Å². The lowest BCUT2D eigenvalue weighted by atomic mass is 10.1. The first kappa shape index (κ1) is 20.5. The Morgan fingerprint density at radius 1 is 1.27 bits per heavy atom. The quantitative estimate of drug-likeness (QED) is 0.846. The summed E-state index contributed by atoms with van der Waals surface area (Å²) in [5, 5.41) is 3.77. The summed E-state index contributed by atoms with van der Waals surface area (Å²) in [5.41, 5.74) is 1.24. The molecular weight excluding hydrogens is 373 g/mol. The highest BCUT2D eigenvalue weighted by Crippen LogP contribution is 2.19. The highest BCUT2D eigenvalue weighted by atomic mass is 35.5. The lowest BCUT2D eigenvalue weighted by Gasteiger charge is -2.17. The molecule has 1 atom stereocenters. The van der Waals surface area contributed by atoms with Crippen LogP contribution in [-0.4, -0.2) is 42.1 Å². The van der Waals surface area contributed by atoms with Crippen LogP contribution in [0, 0.1) is 5.92 Å². The Bertz CT molecular complexity index is 822. The topological polar surface area (TPSA) is 54.3 Å². The molecule has 1 aromatic carbocycles. The predicted molar refractivity (Wildman–Crippen MR) is 106 cm³/mol. The summed E-state index contributed by atoms with van der Waals surface area (Å²) in [7, 11) is 1.93. The molecule has 140 valence electrons. The number of amides is 1. The van der Waals surface area contributed by atoms with Crippen molar-refractivity contribution in [2.24, 2.45) is 5.92 Å². The van der Waals surface area contributed by atoms with Crippen LogP contribution in [0.2, 0.25) is 5.02 Å². The van der Waals surface area contributed by atoms with Gasteiger partial charge in [0, 0.05) is 30.4 Å². The van der Waals surface area contributed by atoms with Crippen LogP contribution in [-0.2, 0) is 6.54 Å². The number of hydrogen-bond donors (Lipinski definition) is 1. The number of rotatable bonds is 5. The molecule has 7 heteroatoms. The maximum Gasteiger partial charge on any atom is 0.255 e. The first-order chi connectivity index (χ1) is 12.1. The Balaban J connectivity index is 0.00000243. The van der Waals surface area contributed by atoms with Gasteiger partial charge in [0.25, 0.3) is 11.5 Å². The summed E-state index contributed by atoms with van der Waals surface area (Å²) < 4.78 is 1.54. The Kier molecular flexibility index (Phi) is 7.26. The van der Waals surface area contributed by atoms with Crippen molar-refractivity contribution >= 4 is 29.9 Å². The molecule has 1 aliphatic heterocycles. The number of benzene rings is 1. The van der Waals surface area contributed by atoms with E-state index in [9.17, 15) is 9.59 Å². The number of carbonyl (C=O) groups excluding carboxylic acids is 1. The van der Waals surface area contributed by atoms with Gasteiger partial charge in [0.2, 0.25) is 0 Å². The third kappa shape index (κ3) is 4.67. The van der Waals surface area contributed by atoms with E-state index in [2.05, 4.69) is 5.32 Å². The van der Waals surface area contributed by atoms with Gasteiger partial charge in [-0.2, -0.15) is 0 Å². The van der Waals surface area contributed by atoms with Gasteiger partial charge in [0.1, 0.15) is 0 Å². The van der Waals surface area contributed by atoms with Crippen molar-refractivity contribution in [3.05, 3.63) is 69.1 Å². The summed E-state index contributed by atoms with van der Waals surface area (Å²) in [5.74, 6) is 0.467. The van der Waals surface area contributed by atoms with Gasteiger partial charge in [-0.15, -0.1) is 12.4 Å². The van der Waals surface area contributed by atoms with Crippen molar-refractivity contribution in [1.82, 2.24) is 14.8 Å². The van der Waals surface area contributed by atoms with E-state index in [1.54, 1.807) is 18.3 Å². The Hall–Kier alpha value is -1.82. The fourth-order valence-electron chi connectivity index (χ4n) is 3.25. The van der Waals surface area contributed by atoms with Gasteiger partial charge in [-0.25, -0.2) is 0 Å². The van der Waals surface area contributed by atoms with E-state index < -0.39 is 0 Å². The highest BCUT2D eigenvalue weighted by molar-refractivity contribution is 6.31. The van der Waals surface area contributed by atoms with Crippen molar-refractivity contribution in [3.63, 3.8) is 0 Å². The third-order valence-electron chi connectivity index (χ3n) is 4.59. The van der Waals surface area contributed by atoms with Crippen LogP contribution < -0.4 is 10.9 Å². The van der Waals surface area contributed by atoms with Crippen LogP contribution in [0.25, 0.3) is 0 Å². The number of carbonyl (C=O) groups is 1. The van der Waals surface area contributed by atoms with Gasteiger partial charge in [0.05, 0.1) is 12.1 Å². The summed E-state index contributed by atoms with van der Waals surface area (Å²) in [6.45, 7) is 2.77. The van der Waals surface area contributed by atoms with Crippen LogP contribution in [0.5, 0.6) is 0 Å². The Morgan fingerprint density at radius 2 is 2.04 bits per heavy atom. The van der Waals surface area contributed by atoms with Crippen molar-refractivity contribution in [1.29, 1.82) is 0 Å². The van der Waals surface area contributed by atoms with Gasteiger partial charge in [-0.3, -0.25) is 9.59 Å². The van der Waals surface area contributed by atoms with E-state index in [1.165, 1.54) is 10.6 Å². The standard InChI is InChI=1S/C19H22ClN3O2.ClH/c1-21-10-14-8-9-22(11-14)19(25)16-6-7-18(24)23(13-16)12-15-4-2-3-5-17(15)20;/h2-7,13-14,21H,8-12H2,1H3;1H. The van der Waals surface area contributed by atoms with E-state index >= 15 is 0 Å². The second-order valence-electron chi connectivity index (χ2n) is 6.44. The third-order valence-corrected chi connectivity index (χ3v) is 4.96. The summed E-state index contributed by atoms with van der Waals surface area (Å²) in [6.07, 6.45) is 2.64. The van der Waals surface area contributed by atoms with E-state index in [1.807, 2.05) is 30.1 Å². The number of likely N-dealkylation sites (tertiary alicyclic amines) is 1. The molecule has 1 aliphatic rings. The molecule has 2 aromatic rings. The van der Waals surface area contributed by atoms with Gasteiger partial charge < -0.3 is 14.8 Å². The lowest BCUT2D eigenvalue weighted by Crippen LogP contribution is -2.31. The van der Waals surface area contributed by atoms with Crippen molar-refractivity contribution in [2.45, 2.75) is 13.0 Å². The molecular formula is C19H23Cl2N3O2. The van der Waals surface area contributed by atoms with E-state index in [-0.39, 0.29) is 23.9 Å². The molecule has 1 amide bonds. The van der Waals surface area contributed by atoms with Gasteiger partial charge >= 0.3 is 0 Å². The summed E-state index contributed by atoms with van der Waals surface area (Å²) in [6, 6.07) is 10.5. The zero-order valence-corrected chi connectivity index (χ0v) is 16.2. The molecule has 0 spiro atoms. The molecule has 1 saturated heterocycles. The zero-order chi connectivity index (χ0) is 17.8. The minimum atomic E-state index is -0.147. The van der Waals surface area contributed by atoms with Crippen LogP contribution in [0.4, 0.5) is 0 Å². The van der Waals surface area contributed by atoms with E-state index in [0.29, 0.717) is 23.0 Å². The van der Waals surface area contributed by atoms with E-state index in [4.69, 9.17) is 11.6 Å². The molecule has 1 N–H and O–H groups in total.